The third-order valence-corrected chi connectivity index (χ3v) is 3.75. The monoisotopic (exact) mass is 368 g/mol. The Morgan fingerprint density at radius 1 is 0.864 bits per heavy atom. The molecule has 0 saturated heterocycles. The van der Waals surface area contributed by atoms with Gasteiger partial charge in [0, 0.05) is 5.92 Å². The molecule has 114 valence electrons. The van der Waals surface area contributed by atoms with E-state index in [9.17, 15) is 5.11 Å². The zero-order valence-electron chi connectivity index (χ0n) is 12.6. The van der Waals surface area contributed by atoms with Crippen molar-refractivity contribution in [2.75, 3.05) is 0 Å². The van der Waals surface area contributed by atoms with E-state index in [0.29, 0.717) is 0 Å². The van der Waals surface area contributed by atoms with E-state index >= 15 is 0 Å². The van der Waals surface area contributed by atoms with Crippen LogP contribution in [0.25, 0.3) is 6.08 Å². The normalized spacial score (nSPS) is 15.1. The van der Waals surface area contributed by atoms with Gasteiger partial charge in [0.25, 0.3) is 0 Å². The van der Waals surface area contributed by atoms with Crippen LogP contribution in [0.1, 0.15) is 42.0 Å². The Bertz CT molecular complexity index is 648. The average molecular weight is 369 g/mol. The van der Waals surface area contributed by atoms with Crippen LogP contribution < -0.4 is 24.8 Å². The molecule has 0 amide bonds. The second-order valence-electron chi connectivity index (χ2n) is 5.61. The Hall–Kier alpha value is -0.566. The van der Waals surface area contributed by atoms with Gasteiger partial charge in [-0.2, -0.15) is 0 Å². The van der Waals surface area contributed by atoms with E-state index in [0.717, 1.165) is 5.56 Å². The van der Waals surface area contributed by atoms with Gasteiger partial charge in [-0.05, 0) is 36.1 Å². The predicted molar refractivity (Wildman–Crippen MR) is 79.0 cm³/mol. The van der Waals surface area contributed by atoms with Crippen LogP contribution in [0.15, 0.2) is 54.6 Å². The third-order valence-electron chi connectivity index (χ3n) is 3.75. The van der Waals surface area contributed by atoms with E-state index < -0.39 is 5.60 Å². The predicted octanol–water partition coefficient (Wildman–Crippen LogP) is -1.92. The van der Waals surface area contributed by atoms with Gasteiger partial charge in [0.2, 0.25) is 0 Å². The van der Waals surface area contributed by atoms with Gasteiger partial charge in [-0.1, -0.05) is 60.7 Å². The molecule has 1 N–H and O–H groups in total. The molecule has 0 bridgehead atoms. The molecule has 1 aliphatic carbocycles. The first-order valence-corrected chi connectivity index (χ1v) is 6.66. The van der Waals surface area contributed by atoms with Crippen LogP contribution in [-0.4, -0.2) is 5.11 Å². The van der Waals surface area contributed by atoms with E-state index in [1.54, 1.807) is 0 Å². The average Bonchev–Trinajstić information content (AvgIpc) is 2.81. The van der Waals surface area contributed by atoms with Gasteiger partial charge in [-0.25, -0.2) is 0 Å². The van der Waals surface area contributed by atoms with Gasteiger partial charge in [0.1, 0.15) is 0 Å². The first-order valence-electron chi connectivity index (χ1n) is 6.66. The van der Waals surface area contributed by atoms with Crippen molar-refractivity contribution >= 4 is 6.08 Å². The summed E-state index contributed by atoms with van der Waals surface area (Å²) in [5.41, 5.74) is 3.97. The van der Waals surface area contributed by atoms with Crippen LogP contribution in [-0.2, 0) is 27.3 Å². The first kappa shape index (κ1) is 21.4. The van der Waals surface area contributed by atoms with Crippen LogP contribution in [0.2, 0.25) is 0 Å². The van der Waals surface area contributed by atoms with Crippen LogP contribution >= 0.6 is 0 Å². The number of aliphatic hydroxyl groups is 1. The van der Waals surface area contributed by atoms with Crippen molar-refractivity contribution in [3.8, 4) is 0 Å². The number of allylic oxidation sites excluding steroid dienone is 1. The molecule has 22 heavy (non-hydrogen) atoms. The fourth-order valence-electron chi connectivity index (χ4n) is 2.85. The Balaban J connectivity index is 0.00000147. The maximum atomic E-state index is 10.4. The number of hydrogen-bond acceptors (Lipinski definition) is 1. The van der Waals surface area contributed by atoms with E-state index in [2.05, 4.69) is 42.5 Å². The number of halogens is 2. The molecule has 0 radical (unpaired) electrons. The molecule has 0 aliphatic heterocycles. The zero-order chi connectivity index (χ0) is 13.5. The van der Waals surface area contributed by atoms with Gasteiger partial charge >= 0.3 is 21.7 Å². The molecule has 1 atom stereocenters. The fraction of sp³-hybridized carbons (Fsp3) is 0.222. The van der Waals surface area contributed by atoms with Crippen molar-refractivity contribution in [2.45, 2.75) is 25.4 Å². The van der Waals surface area contributed by atoms with Gasteiger partial charge < -0.3 is 29.9 Å². The van der Waals surface area contributed by atoms with Crippen molar-refractivity contribution in [2.24, 2.45) is 0 Å². The summed E-state index contributed by atoms with van der Waals surface area (Å²) in [6, 6.07) is 16.6. The molecule has 1 unspecified atom stereocenters. The molecule has 0 fully saturated rings. The third kappa shape index (κ3) is 4.04. The summed E-state index contributed by atoms with van der Waals surface area (Å²) >= 11 is 0. The van der Waals surface area contributed by atoms with Gasteiger partial charge in [-0.3, -0.25) is 0 Å². The van der Waals surface area contributed by atoms with Crippen molar-refractivity contribution < 1.29 is 51.6 Å². The molecule has 0 spiro atoms. The Morgan fingerprint density at radius 3 is 2.05 bits per heavy atom. The first-order chi connectivity index (χ1) is 9.07. The molecule has 4 heteroatoms. The largest absolute Gasteiger partial charge is 2.00 e. The summed E-state index contributed by atoms with van der Waals surface area (Å²) in [6.07, 6.45) is 4.39. The summed E-state index contributed by atoms with van der Waals surface area (Å²) in [5, 5.41) is 10.4. The maximum Gasteiger partial charge on any atom is 2.00 e. The second kappa shape index (κ2) is 8.33. The number of fused-ring (bicyclic) bond motifs is 1. The van der Waals surface area contributed by atoms with Crippen LogP contribution in [0.3, 0.4) is 0 Å². The molecule has 1 aliphatic rings. The van der Waals surface area contributed by atoms with Crippen LogP contribution in [0.4, 0.5) is 0 Å². The summed E-state index contributed by atoms with van der Waals surface area (Å²) in [5.74, 6) is 0.249. The molecular weight excluding hydrogens is 351 g/mol. The second-order valence-corrected chi connectivity index (χ2v) is 5.61. The van der Waals surface area contributed by atoms with Crippen molar-refractivity contribution in [1.82, 2.24) is 0 Å². The molecule has 2 aromatic rings. The van der Waals surface area contributed by atoms with Gasteiger partial charge in [0.15, 0.2) is 0 Å². The number of rotatable bonds is 2. The smallest absolute Gasteiger partial charge is 1.00 e. The molecule has 1 nitrogen and oxygen atoms in total. The topological polar surface area (TPSA) is 20.2 Å². The molecule has 3 rings (SSSR count). The minimum atomic E-state index is -0.817. The summed E-state index contributed by atoms with van der Waals surface area (Å²) in [4.78, 5) is 0. The molecule has 2 aromatic carbocycles. The van der Waals surface area contributed by atoms with Gasteiger partial charge in [-0.15, -0.1) is 0 Å². The van der Waals surface area contributed by atoms with Crippen LogP contribution in [0.5, 0.6) is 0 Å². The summed E-state index contributed by atoms with van der Waals surface area (Å²) in [7, 11) is 0. The molecule has 0 heterocycles. The maximum absolute atomic E-state index is 10.4. The SMILES string of the molecule is CC(C)(O)c1ccccc1C1C=Cc2ccccc21.[Cl-].[Cl-].[Ti+2]. The molecule has 0 saturated carbocycles. The minimum Gasteiger partial charge on any atom is -1.00 e. The fourth-order valence-corrected chi connectivity index (χ4v) is 2.85. The summed E-state index contributed by atoms with van der Waals surface area (Å²) in [6.45, 7) is 3.69. The van der Waals surface area contributed by atoms with E-state index in [1.807, 2.05) is 32.0 Å². The molecular formula is C18H18Cl2OTi. The van der Waals surface area contributed by atoms with Crippen molar-refractivity contribution in [3.63, 3.8) is 0 Å². The zero-order valence-corrected chi connectivity index (χ0v) is 15.6. The number of benzene rings is 2. The quantitative estimate of drug-likeness (QED) is 0.613. The van der Waals surface area contributed by atoms with Gasteiger partial charge in [0.05, 0.1) is 5.60 Å². The van der Waals surface area contributed by atoms with Crippen molar-refractivity contribution in [3.05, 3.63) is 76.9 Å². The van der Waals surface area contributed by atoms with E-state index in [4.69, 9.17) is 0 Å². The number of hydrogen-bond donors (Lipinski definition) is 1. The van der Waals surface area contributed by atoms with E-state index in [1.165, 1.54) is 16.7 Å². The standard InChI is InChI=1S/C18H18O.2ClH.Ti/c1-18(2,19)17-10-6-5-9-16(17)15-12-11-13-7-3-4-8-14(13)15;;;/h3-12,15,19H,1-2H3;2*1H;/q;;;+2/p-2. The Kier molecular flexibility index (Phi) is 8.12. The van der Waals surface area contributed by atoms with Crippen molar-refractivity contribution in [1.29, 1.82) is 0 Å². The summed E-state index contributed by atoms with van der Waals surface area (Å²) < 4.78 is 0. The Labute approximate surface area is 159 Å². The van der Waals surface area contributed by atoms with Crippen LogP contribution in [0, 0.1) is 0 Å². The van der Waals surface area contributed by atoms with E-state index in [-0.39, 0.29) is 52.4 Å². The Morgan fingerprint density at radius 2 is 1.41 bits per heavy atom. The minimum absolute atomic E-state index is 0. The molecule has 0 aromatic heterocycles.